The lowest BCUT2D eigenvalue weighted by molar-refractivity contribution is -0.129. The molecule has 3 rings (SSSR count). The Balaban J connectivity index is 1.71. The van der Waals surface area contributed by atoms with Crippen molar-refractivity contribution < 1.29 is 13.7 Å². The first-order valence-corrected chi connectivity index (χ1v) is 7.99. The molecule has 1 aliphatic rings. The summed E-state index contributed by atoms with van der Waals surface area (Å²) in [5.41, 5.74) is 0.357. The third-order valence-corrected chi connectivity index (χ3v) is 4.43. The smallest absolute Gasteiger partial charge is 0.231 e. The minimum absolute atomic E-state index is 0.0443. The third-order valence-electron chi connectivity index (χ3n) is 4.07. The minimum atomic E-state index is -0.385. The highest BCUT2D eigenvalue weighted by Gasteiger charge is 2.30. The molecule has 122 valence electrons. The Bertz CT molecular complexity index is 699. The molecular formula is C16H17ClFN3O2. The number of carbonyl (C=O) groups excluding carboxylic acids is 1. The molecule has 0 N–H and O–H groups in total. The van der Waals surface area contributed by atoms with Crippen molar-refractivity contribution in [1.29, 1.82) is 0 Å². The molecule has 1 unspecified atom stereocenters. The van der Waals surface area contributed by atoms with Crippen LogP contribution in [0.3, 0.4) is 0 Å². The van der Waals surface area contributed by atoms with Gasteiger partial charge >= 0.3 is 0 Å². The van der Waals surface area contributed by atoms with Gasteiger partial charge in [0.15, 0.2) is 5.82 Å². The summed E-state index contributed by atoms with van der Waals surface area (Å²) in [6.45, 7) is 3.14. The molecule has 1 fully saturated rings. The quantitative estimate of drug-likeness (QED) is 0.859. The van der Waals surface area contributed by atoms with E-state index in [4.69, 9.17) is 16.1 Å². The number of nitrogens with zero attached hydrogens (tertiary/aromatic N) is 3. The summed E-state index contributed by atoms with van der Waals surface area (Å²) in [5, 5.41) is 4.26. The summed E-state index contributed by atoms with van der Waals surface area (Å²) >= 11 is 6.01. The van der Waals surface area contributed by atoms with Gasteiger partial charge in [0, 0.05) is 36.5 Å². The van der Waals surface area contributed by atoms with E-state index in [-0.39, 0.29) is 24.1 Å². The monoisotopic (exact) mass is 337 g/mol. The van der Waals surface area contributed by atoms with Gasteiger partial charge in [-0.1, -0.05) is 29.7 Å². The van der Waals surface area contributed by atoms with Crippen LogP contribution in [0.4, 0.5) is 4.39 Å². The molecule has 1 aromatic carbocycles. The van der Waals surface area contributed by atoms with Gasteiger partial charge in [0.2, 0.25) is 11.8 Å². The highest BCUT2D eigenvalue weighted by molar-refractivity contribution is 6.31. The molecule has 5 nitrogen and oxygen atoms in total. The zero-order valence-electron chi connectivity index (χ0n) is 12.8. The van der Waals surface area contributed by atoms with Crippen LogP contribution in [0.1, 0.15) is 43.0 Å². The predicted molar refractivity (Wildman–Crippen MR) is 82.7 cm³/mol. The normalized spacial score (nSPS) is 17.7. The van der Waals surface area contributed by atoms with Crippen LogP contribution >= 0.6 is 11.6 Å². The van der Waals surface area contributed by atoms with Gasteiger partial charge in [-0.25, -0.2) is 4.39 Å². The summed E-state index contributed by atoms with van der Waals surface area (Å²) in [5.74, 6) is 0.684. The van der Waals surface area contributed by atoms with Crippen molar-refractivity contribution in [1.82, 2.24) is 15.0 Å². The highest BCUT2D eigenvalue weighted by Crippen LogP contribution is 2.27. The number of hydrogen-bond donors (Lipinski definition) is 0. The van der Waals surface area contributed by atoms with Gasteiger partial charge in [-0.15, -0.1) is 0 Å². The maximum Gasteiger partial charge on any atom is 0.231 e. The SMILES string of the molecule is CCC(=O)N1CCC(c2nc(Cc3c(F)cccc3Cl)no2)C1. The number of rotatable bonds is 4. The summed E-state index contributed by atoms with van der Waals surface area (Å²) in [7, 11) is 0. The fourth-order valence-electron chi connectivity index (χ4n) is 2.78. The van der Waals surface area contributed by atoms with Crippen LogP contribution in [0.5, 0.6) is 0 Å². The van der Waals surface area contributed by atoms with Crippen LogP contribution in [0.15, 0.2) is 22.7 Å². The maximum atomic E-state index is 13.8. The number of likely N-dealkylation sites (tertiary alicyclic amines) is 1. The molecule has 0 bridgehead atoms. The Morgan fingerprint density at radius 3 is 3.09 bits per heavy atom. The molecular weight excluding hydrogens is 321 g/mol. The van der Waals surface area contributed by atoms with Crippen molar-refractivity contribution in [2.24, 2.45) is 0 Å². The van der Waals surface area contributed by atoms with Gasteiger partial charge in [0.1, 0.15) is 5.82 Å². The van der Waals surface area contributed by atoms with E-state index in [2.05, 4.69) is 10.1 Å². The highest BCUT2D eigenvalue weighted by atomic mass is 35.5. The number of hydrogen-bond acceptors (Lipinski definition) is 4. The molecule has 1 saturated heterocycles. The lowest BCUT2D eigenvalue weighted by atomic mass is 10.1. The number of aromatic nitrogens is 2. The summed E-state index contributed by atoms with van der Waals surface area (Å²) in [6, 6.07) is 4.54. The van der Waals surface area contributed by atoms with Crippen molar-refractivity contribution >= 4 is 17.5 Å². The van der Waals surface area contributed by atoms with Crippen LogP contribution in [-0.2, 0) is 11.2 Å². The molecule has 2 heterocycles. The zero-order chi connectivity index (χ0) is 16.4. The van der Waals surface area contributed by atoms with Gasteiger partial charge in [0.05, 0.1) is 5.92 Å². The first kappa shape index (κ1) is 15.9. The van der Waals surface area contributed by atoms with Crippen LogP contribution in [0.2, 0.25) is 5.02 Å². The van der Waals surface area contributed by atoms with Crippen LogP contribution < -0.4 is 0 Å². The molecule has 7 heteroatoms. The van der Waals surface area contributed by atoms with Crippen molar-refractivity contribution in [2.75, 3.05) is 13.1 Å². The van der Waals surface area contributed by atoms with Crippen molar-refractivity contribution in [3.63, 3.8) is 0 Å². The number of benzene rings is 1. The Kier molecular flexibility index (Phi) is 4.61. The van der Waals surface area contributed by atoms with Gasteiger partial charge in [-0.05, 0) is 18.6 Å². The maximum absolute atomic E-state index is 13.8. The van der Waals surface area contributed by atoms with Gasteiger partial charge in [-0.2, -0.15) is 4.98 Å². The summed E-state index contributed by atoms with van der Waals surface area (Å²) < 4.78 is 19.1. The average Bonchev–Trinajstić information content (AvgIpc) is 3.19. The van der Waals surface area contributed by atoms with Crippen LogP contribution in [0.25, 0.3) is 0 Å². The number of amides is 1. The third kappa shape index (κ3) is 3.37. The number of carbonyl (C=O) groups is 1. The largest absolute Gasteiger partial charge is 0.342 e. The van der Waals surface area contributed by atoms with E-state index in [0.717, 1.165) is 6.42 Å². The first-order chi connectivity index (χ1) is 11.1. The molecule has 0 saturated carbocycles. The van der Waals surface area contributed by atoms with Crippen LogP contribution in [-0.4, -0.2) is 34.0 Å². The fourth-order valence-corrected chi connectivity index (χ4v) is 3.01. The molecule has 0 spiro atoms. The summed E-state index contributed by atoms with van der Waals surface area (Å²) in [4.78, 5) is 17.9. The van der Waals surface area contributed by atoms with E-state index in [1.165, 1.54) is 6.07 Å². The second-order valence-corrected chi connectivity index (χ2v) is 6.01. The molecule has 0 aliphatic carbocycles. The van der Waals surface area contributed by atoms with Crippen molar-refractivity contribution in [3.05, 3.63) is 46.3 Å². The Labute approximate surface area is 138 Å². The lowest BCUT2D eigenvalue weighted by Crippen LogP contribution is -2.27. The Morgan fingerprint density at radius 2 is 2.35 bits per heavy atom. The fraction of sp³-hybridized carbons (Fsp3) is 0.438. The second kappa shape index (κ2) is 6.66. The standard InChI is InChI=1S/C16H17ClFN3O2/c1-2-15(22)21-7-6-10(9-21)16-19-14(20-23-16)8-11-12(17)4-3-5-13(11)18/h3-5,10H,2,6-9H2,1H3. The zero-order valence-corrected chi connectivity index (χ0v) is 13.5. The molecule has 2 aromatic rings. The van der Waals surface area contributed by atoms with E-state index in [1.807, 2.05) is 11.8 Å². The molecule has 1 aromatic heterocycles. The minimum Gasteiger partial charge on any atom is -0.342 e. The molecule has 1 amide bonds. The van der Waals surface area contributed by atoms with Gasteiger partial charge < -0.3 is 9.42 Å². The van der Waals surface area contributed by atoms with E-state index >= 15 is 0 Å². The Morgan fingerprint density at radius 1 is 1.52 bits per heavy atom. The van der Waals surface area contributed by atoms with Crippen molar-refractivity contribution in [3.8, 4) is 0 Å². The topological polar surface area (TPSA) is 59.2 Å². The second-order valence-electron chi connectivity index (χ2n) is 5.60. The Hall–Kier alpha value is -1.95. The van der Waals surface area contributed by atoms with Crippen molar-refractivity contribution in [2.45, 2.75) is 32.1 Å². The lowest BCUT2D eigenvalue weighted by Gasteiger charge is -2.13. The molecule has 0 radical (unpaired) electrons. The van der Waals surface area contributed by atoms with E-state index in [1.54, 1.807) is 12.1 Å². The van der Waals surface area contributed by atoms with E-state index < -0.39 is 0 Å². The summed E-state index contributed by atoms with van der Waals surface area (Å²) in [6.07, 6.45) is 1.47. The van der Waals surface area contributed by atoms with E-state index in [9.17, 15) is 9.18 Å². The van der Waals surface area contributed by atoms with Crippen LogP contribution in [0, 0.1) is 5.82 Å². The number of halogens is 2. The van der Waals surface area contributed by atoms with Gasteiger partial charge in [-0.3, -0.25) is 4.79 Å². The molecule has 1 atom stereocenters. The molecule has 1 aliphatic heterocycles. The predicted octanol–water partition coefficient (Wildman–Crippen LogP) is 3.18. The average molecular weight is 338 g/mol. The first-order valence-electron chi connectivity index (χ1n) is 7.61. The van der Waals surface area contributed by atoms with E-state index in [0.29, 0.717) is 41.8 Å². The molecule has 23 heavy (non-hydrogen) atoms. The van der Waals surface area contributed by atoms with Gasteiger partial charge in [0.25, 0.3) is 0 Å².